The molecule has 0 spiro atoms. The molecule has 2 aromatic carbocycles. The van der Waals surface area contributed by atoms with Gasteiger partial charge in [0, 0.05) is 21.1 Å². The van der Waals surface area contributed by atoms with E-state index in [1.807, 2.05) is 18.2 Å². The number of hydrogen-bond acceptors (Lipinski definition) is 4. The lowest BCUT2D eigenvalue weighted by Crippen LogP contribution is -2.35. The van der Waals surface area contributed by atoms with E-state index in [4.69, 9.17) is 4.74 Å². The van der Waals surface area contributed by atoms with Crippen molar-refractivity contribution in [3.63, 3.8) is 0 Å². The van der Waals surface area contributed by atoms with Crippen molar-refractivity contribution < 1.29 is 19.1 Å². The number of amides is 2. The Kier molecular flexibility index (Phi) is 6.60. The number of aromatic amines is 1. The van der Waals surface area contributed by atoms with Crippen LogP contribution in [0.2, 0.25) is 0 Å². The fraction of sp³-hybridized carbons (Fsp3) is 0.292. The maximum Gasteiger partial charge on any atom is 0.338 e. The van der Waals surface area contributed by atoms with Gasteiger partial charge in [0.1, 0.15) is 0 Å². The molecule has 7 nitrogen and oxygen atoms in total. The first-order chi connectivity index (χ1) is 15.4. The van der Waals surface area contributed by atoms with Gasteiger partial charge < -0.3 is 20.4 Å². The second-order valence-electron chi connectivity index (χ2n) is 8.07. The minimum absolute atomic E-state index is 0.225. The Morgan fingerprint density at radius 2 is 1.97 bits per heavy atom. The number of para-hydroxylation sites is 1. The molecule has 0 aliphatic heterocycles. The summed E-state index contributed by atoms with van der Waals surface area (Å²) in [6, 6.07) is 12.6. The van der Waals surface area contributed by atoms with Gasteiger partial charge in [0.25, 0.3) is 5.91 Å². The van der Waals surface area contributed by atoms with Crippen LogP contribution in [-0.4, -0.2) is 35.9 Å². The second kappa shape index (κ2) is 9.56. The fourth-order valence-electron chi connectivity index (χ4n) is 3.92. The van der Waals surface area contributed by atoms with E-state index in [9.17, 15) is 14.4 Å². The molecule has 1 aliphatic rings. The summed E-state index contributed by atoms with van der Waals surface area (Å²) in [5.74, 6) is -0.887. The molecule has 0 bridgehead atoms. The van der Waals surface area contributed by atoms with Crippen LogP contribution in [-0.2, 0) is 27.2 Å². The van der Waals surface area contributed by atoms with E-state index in [2.05, 4.69) is 38.5 Å². The van der Waals surface area contributed by atoms with Crippen molar-refractivity contribution in [3.8, 4) is 0 Å². The number of rotatable bonds is 6. The van der Waals surface area contributed by atoms with Gasteiger partial charge in [-0.25, -0.2) is 4.79 Å². The number of nitrogens with one attached hydrogen (secondary N) is 3. The average molecular weight is 498 g/mol. The zero-order valence-electron chi connectivity index (χ0n) is 17.7. The summed E-state index contributed by atoms with van der Waals surface area (Å²) in [6.45, 7) is 1.55. The van der Waals surface area contributed by atoms with Crippen LogP contribution in [0.3, 0.4) is 0 Å². The molecular weight excluding hydrogens is 474 g/mol. The van der Waals surface area contributed by atoms with Crippen LogP contribution in [0.4, 0.5) is 5.69 Å². The molecule has 32 heavy (non-hydrogen) atoms. The third-order valence-corrected chi connectivity index (χ3v) is 6.29. The molecule has 1 aromatic heterocycles. The number of carbonyl (C=O) groups is 3. The lowest BCUT2D eigenvalue weighted by Gasteiger charge is -2.18. The summed E-state index contributed by atoms with van der Waals surface area (Å²) in [5, 5.41) is 6.18. The third-order valence-electron chi connectivity index (χ3n) is 5.60. The number of fused-ring (bicyclic) bond motifs is 3. The van der Waals surface area contributed by atoms with Gasteiger partial charge in [0.2, 0.25) is 5.91 Å². The lowest BCUT2D eigenvalue weighted by molar-refractivity contribution is -0.126. The second-order valence-corrected chi connectivity index (χ2v) is 8.93. The summed E-state index contributed by atoms with van der Waals surface area (Å²) < 4.78 is 5.89. The first-order valence-corrected chi connectivity index (χ1v) is 11.3. The van der Waals surface area contributed by atoms with Crippen LogP contribution < -0.4 is 10.6 Å². The minimum Gasteiger partial charge on any atom is -0.452 e. The third kappa shape index (κ3) is 5.02. The first kappa shape index (κ1) is 22.1. The van der Waals surface area contributed by atoms with Gasteiger partial charge in [-0.2, -0.15) is 0 Å². The molecule has 1 unspecified atom stereocenters. The molecule has 1 aliphatic carbocycles. The number of H-pyrrole nitrogens is 1. The highest BCUT2D eigenvalue weighted by molar-refractivity contribution is 9.10. The molecule has 0 fully saturated rings. The monoisotopic (exact) mass is 497 g/mol. The van der Waals surface area contributed by atoms with E-state index in [-0.39, 0.29) is 12.5 Å². The highest BCUT2D eigenvalue weighted by Crippen LogP contribution is 2.32. The average Bonchev–Trinajstić information content (AvgIpc) is 3.14. The number of aryl methyl sites for hydroxylation is 1. The van der Waals surface area contributed by atoms with Gasteiger partial charge >= 0.3 is 5.97 Å². The van der Waals surface area contributed by atoms with E-state index in [1.165, 1.54) is 11.3 Å². The van der Waals surface area contributed by atoms with Gasteiger partial charge in [-0.1, -0.05) is 19.1 Å². The van der Waals surface area contributed by atoms with Gasteiger partial charge in [-0.15, -0.1) is 0 Å². The highest BCUT2D eigenvalue weighted by Gasteiger charge is 2.21. The molecular formula is C24H24BrN3O4. The number of carbonyl (C=O) groups excluding carboxylic acids is 3. The molecule has 3 aromatic rings. The van der Waals surface area contributed by atoms with E-state index < -0.39 is 18.5 Å². The van der Waals surface area contributed by atoms with Crippen molar-refractivity contribution in [3.05, 3.63) is 63.8 Å². The molecule has 8 heteroatoms. The number of aromatic nitrogens is 1. The van der Waals surface area contributed by atoms with Crippen LogP contribution in [0.5, 0.6) is 0 Å². The maximum atomic E-state index is 12.5. The van der Waals surface area contributed by atoms with Crippen LogP contribution >= 0.6 is 15.9 Å². The van der Waals surface area contributed by atoms with Crippen LogP contribution in [0, 0.1) is 5.92 Å². The molecule has 166 valence electrons. The molecule has 0 saturated carbocycles. The van der Waals surface area contributed by atoms with Crippen molar-refractivity contribution in [2.75, 3.05) is 18.5 Å². The molecule has 1 heterocycles. The Bertz CT molecular complexity index is 1190. The SMILES string of the molecule is CC1CCc2[nH]c3ccc(C(=O)OCC(=O)NCC(=O)Nc4ccccc4Br)cc3c2C1. The number of benzene rings is 2. The smallest absolute Gasteiger partial charge is 0.338 e. The number of hydrogen-bond donors (Lipinski definition) is 3. The first-order valence-electron chi connectivity index (χ1n) is 10.5. The molecule has 3 N–H and O–H groups in total. The highest BCUT2D eigenvalue weighted by atomic mass is 79.9. The Hall–Kier alpha value is -3.13. The fourth-order valence-corrected chi connectivity index (χ4v) is 4.30. The minimum atomic E-state index is -0.571. The number of halogens is 1. The van der Waals surface area contributed by atoms with Crippen molar-refractivity contribution in [1.29, 1.82) is 0 Å². The summed E-state index contributed by atoms with van der Waals surface area (Å²) in [6.07, 6.45) is 3.16. The largest absolute Gasteiger partial charge is 0.452 e. The summed E-state index contributed by atoms with van der Waals surface area (Å²) in [4.78, 5) is 39.9. The van der Waals surface area contributed by atoms with Crippen molar-refractivity contribution >= 4 is 50.3 Å². The summed E-state index contributed by atoms with van der Waals surface area (Å²) in [5.41, 5.74) is 4.52. The molecule has 1 atom stereocenters. The molecule has 4 rings (SSSR count). The Labute approximate surface area is 194 Å². The Morgan fingerprint density at radius 1 is 1.16 bits per heavy atom. The van der Waals surface area contributed by atoms with E-state index in [0.717, 1.165) is 34.6 Å². The van der Waals surface area contributed by atoms with E-state index in [0.29, 0.717) is 17.2 Å². The van der Waals surface area contributed by atoms with Gasteiger partial charge in [-0.05, 0) is 77.0 Å². The predicted molar refractivity (Wildman–Crippen MR) is 126 cm³/mol. The number of esters is 1. The van der Waals surface area contributed by atoms with Crippen molar-refractivity contribution in [2.24, 2.45) is 5.92 Å². The van der Waals surface area contributed by atoms with Gasteiger partial charge in [0.05, 0.1) is 17.8 Å². The molecule has 0 saturated heterocycles. The van der Waals surface area contributed by atoms with Crippen LogP contribution in [0.25, 0.3) is 10.9 Å². The number of ether oxygens (including phenoxy) is 1. The lowest BCUT2D eigenvalue weighted by atomic mass is 9.87. The zero-order chi connectivity index (χ0) is 22.7. The van der Waals surface area contributed by atoms with Gasteiger partial charge in [0.15, 0.2) is 6.61 Å². The Morgan fingerprint density at radius 3 is 2.78 bits per heavy atom. The van der Waals surface area contributed by atoms with Gasteiger partial charge in [-0.3, -0.25) is 9.59 Å². The van der Waals surface area contributed by atoms with Crippen molar-refractivity contribution in [2.45, 2.75) is 26.2 Å². The Balaban J connectivity index is 1.30. The quantitative estimate of drug-likeness (QED) is 0.448. The van der Waals surface area contributed by atoms with Crippen LogP contribution in [0.1, 0.15) is 35.0 Å². The van der Waals surface area contributed by atoms with E-state index >= 15 is 0 Å². The maximum absolute atomic E-state index is 12.5. The number of anilines is 1. The molecule has 2 amide bonds. The van der Waals surface area contributed by atoms with Crippen molar-refractivity contribution in [1.82, 2.24) is 10.3 Å². The zero-order valence-corrected chi connectivity index (χ0v) is 19.3. The predicted octanol–water partition coefficient (Wildman–Crippen LogP) is 3.97. The summed E-state index contributed by atoms with van der Waals surface area (Å²) in [7, 11) is 0. The molecule has 0 radical (unpaired) electrons. The van der Waals surface area contributed by atoms with Crippen LogP contribution in [0.15, 0.2) is 46.9 Å². The standard InChI is InChI=1S/C24H24BrN3O4/c1-14-6-8-19-16(10-14)17-11-15(7-9-20(17)27-19)24(31)32-13-23(30)26-12-22(29)28-21-5-3-2-4-18(21)25/h2-5,7,9,11,14,27H,6,8,10,12-13H2,1H3,(H,26,30)(H,28,29). The van der Waals surface area contributed by atoms with E-state index in [1.54, 1.807) is 24.3 Å². The topological polar surface area (TPSA) is 100 Å². The normalized spacial score (nSPS) is 15.1. The summed E-state index contributed by atoms with van der Waals surface area (Å²) >= 11 is 3.34.